The smallest absolute Gasteiger partial charge is 0.231 e. The van der Waals surface area contributed by atoms with Crippen molar-refractivity contribution >= 4 is 32.4 Å². The van der Waals surface area contributed by atoms with Gasteiger partial charge in [0.15, 0.2) is 28.7 Å². The molecule has 6 rings (SSSR count). The minimum atomic E-state index is 0. The van der Waals surface area contributed by atoms with Crippen LogP contribution in [0.1, 0.15) is 24.5 Å². The standard InChI is InChI=1S/C23H19NO4.ClH/c1-24-21(12-3-4-12)20-14(7-8-17(26-2)23(20)25)15-6-5-13-9-18-19(28-11-27-18)10-16(13)22(15)24;/h5-10,12H,3-4,11H2,1-2H3;1H. The lowest BCUT2D eigenvalue weighted by Gasteiger charge is -2.14. The van der Waals surface area contributed by atoms with E-state index >= 15 is 0 Å². The van der Waals surface area contributed by atoms with Crippen molar-refractivity contribution in [2.24, 2.45) is 7.05 Å². The Morgan fingerprint density at radius 2 is 1.72 bits per heavy atom. The number of pyridine rings is 1. The van der Waals surface area contributed by atoms with Crippen LogP contribution in [0.25, 0.3) is 32.4 Å². The number of halogens is 1. The number of nitrogens with zero attached hydrogens (tertiary/aromatic N) is 1. The molecule has 0 atom stereocenters. The van der Waals surface area contributed by atoms with E-state index in [9.17, 15) is 5.11 Å². The Morgan fingerprint density at radius 1 is 1.00 bits per heavy atom. The van der Waals surface area contributed by atoms with Crippen LogP contribution in [0.4, 0.5) is 0 Å². The Hall–Kier alpha value is -2.92. The van der Waals surface area contributed by atoms with Crippen molar-refractivity contribution in [2.75, 3.05) is 13.9 Å². The van der Waals surface area contributed by atoms with E-state index in [0.717, 1.165) is 56.8 Å². The molecule has 2 heterocycles. The maximum absolute atomic E-state index is 11.0. The minimum Gasteiger partial charge on any atom is -1.00 e. The lowest BCUT2D eigenvalue weighted by Crippen LogP contribution is -3.00. The Labute approximate surface area is 173 Å². The monoisotopic (exact) mass is 409 g/mol. The maximum Gasteiger partial charge on any atom is 0.231 e. The molecule has 0 saturated heterocycles. The van der Waals surface area contributed by atoms with Crippen LogP contribution in [-0.2, 0) is 7.05 Å². The largest absolute Gasteiger partial charge is 1.00 e. The van der Waals surface area contributed by atoms with Crippen LogP contribution in [0.5, 0.6) is 23.0 Å². The number of hydrogen-bond donors (Lipinski definition) is 1. The van der Waals surface area contributed by atoms with Crippen molar-refractivity contribution in [2.45, 2.75) is 18.8 Å². The number of methoxy groups -OCH3 is 1. The molecule has 1 aliphatic carbocycles. The van der Waals surface area contributed by atoms with Gasteiger partial charge in [0.05, 0.1) is 23.3 Å². The molecule has 1 saturated carbocycles. The molecule has 0 spiro atoms. The highest BCUT2D eigenvalue weighted by Gasteiger charge is 2.37. The van der Waals surface area contributed by atoms with Gasteiger partial charge >= 0.3 is 0 Å². The molecule has 5 nitrogen and oxygen atoms in total. The van der Waals surface area contributed by atoms with Crippen molar-refractivity contribution in [1.82, 2.24) is 0 Å². The second-order valence-corrected chi connectivity index (χ2v) is 7.65. The molecule has 0 unspecified atom stereocenters. The van der Waals surface area contributed by atoms with Gasteiger partial charge in [0, 0.05) is 11.3 Å². The number of aromatic hydroxyl groups is 1. The second-order valence-electron chi connectivity index (χ2n) is 7.65. The van der Waals surface area contributed by atoms with Crippen molar-refractivity contribution < 1.29 is 36.3 Å². The van der Waals surface area contributed by atoms with Gasteiger partial charge in [-0.1, -0.05) is 6.07 Å². The number of fused-ring (bicyclic) bond motifs is 6. The Bertz CT molecular complexity index is 1310. The molecular weight excluding hydrogens is 390 g/mol. The van der Waals surface area contributed by atoms with Crippen molar-refractivity contribution in [3.63, 3.8) is 0 Å². The molecule has 1 aliphatic heterocycles. The SMILES string of the molecule is COc1ccc2c(c1O)c(C1CC1)[n+](C)c1c3cc4c(cc3ccc21)OCO4.[Cl-]. The first-order valence-corrected chi connectivity index (χ1v) is 9.55. The fraction of sp³-hybridized carbons (Fsp3) is 0.261. The number of phenols is 1. The molecule has 4 aromatic rings. The Balaban J connectivity index is 0.00000181. The second kappa shape index (κ2) is 6.29. The number of rotatable bonds is 2. The fourth-order valence-electron chi connectivity index (χ4n) is 4.62. The Kier molecular flexibility index (Phi) is 3.93. The average molecular weight is 410 g/mol. The van der Waals surface area contributed by atoms with E-state index in [1.54, 1.807) is 7.11 Å². The van der Waals surface area contributed by atoms with Gasteiger partial charge in [-0.3, -0.25) is 0 Å². The number of aromatic nitrogens is 1. The summed E-state index contributed by atoms with van der Waals surface area (Å²) in [6.45, 7) is 0.264. The van der Waals surface area contributed by atoms with Gasteiger partial charge in [0.1, 0.15) is 7.05 Å². The molecule has 1 fully saturated rings. The zero-order valence-electron chi connectivity index (χ0n) is 16.2. The lowest BCUT2D eigenvalue weighted by molar-refractivity contribution is -0.650. The molecule has 2 aliphatic rings. The van der Waals surface area contributed by atoms with Gasteiger partial charge in [-0.25, -0.2) is 0 Å². The summed E-state index contributed by atoms with van der Waals surface area (Å²) in [6, 6.07) is 12.3. The first kappa shape index (κ1) is 18.1. The summed E-state index contributed by atoms with van der Waals surface area (Å²) in [6.07, 6.45) is 2.28. The van der Waals surface area contributed by atoms with E-state index in [0.29, 0.717) is 11.7 Å². The third-order valence-electron chi connectivity index (χ3n) is 6.05. The van der Waals surface area contributed by atoms with Crippen molar-refractivity contribution in [3.05, 3.63) is 42.1 Å². The van der Waals surface area contributed by atoms with Gasteiger partial charge in [-0.15, -0.1) is 0 Å². The molecule has 148 valence electrons. The maximum atomic E-state index is 11.0. The highest BCUT2D eigenvalue weighted by atomic mass is 35.5. The summed E-state index contributed by atoms with van der Waals surface area (Å²) in [5.74, 6) is 2.77. The van der Waals surface area contributed by atoms with Crippen molar-refractivity contribution in [1.29, 1.82) is 0 Å². The summed E-state index contributed by atoms with van der Waals surface area (Å²) in [5.41, 5.74) is 2.32. The zero-order chi connectivity index (χ0) is 19.0. The zero-order valence-corrected chi connectivity index (χ0v) is 16.9. The minimum absolute atomic E-state index is 0. The number of hydrogen-bond acceptors (Lipinski definition) is 4. The topological polar surface area (TPSA) is 51.8 Å². The molecule has 3 aromatic carbocycles. The number of ether oxygens (including phenoxy) is 3. The van der Waals surface area contributed by atoms with Gasteiger partial charge in [0.2, 0.25) is 12.3 Å². The van der Waals surface area contributed by atoms with Crippen LogP contribution in [-0.4, -0.2) is 19.0 Å². The van der Waals surface area contributed by atoms with Crippen molar-refractivity contribution in [3.8, 4) is 23.0 Å². The number of benzene rings is 3. The average Bonchev–Trinajstić information content (AvgIpc) is 3.44. The van der Waals surface area contributed by atoms with E-state index in [-0.39, 0.29) is 24.9 Å². The first-order chi connectivity index (χ1) is 13.7. The normalized spacial score (nSPS) is 15.1. The quantitative estimate of drug-likeness (QED) is 0.400. The Morgan fingerprint density at radius 3 is 2.45 bits per heavy atom. The summed E-state index contributed by atoms with van der Waals surface area (Å²) >= 11 is 0. The third kappa shape index (κ3) is 2.43. The van der Waals surface area contributed by atoms with Crippen LogP contribution >= 0.6 is 0 Å². The molecule has 1 aromatic heterocycles. The summed E-state index contributed by atoms with van der Waals surface area (Å²) in [5, 5.41) is 16.3. The number of aryl methyl sites for hydroxylation is 1. The molecular formula is C23H20ClNO4. The highest BCUT2D eigenvalue weighted by Crippen LogP contribution is 2.48. The molecule has 0 bridgehead atoms. The van der Waals surface area contributed by atoms with Gasteiger partial charge < -0.3 is 31.7 Å². The molecule has 0 amide bonds. The van der Waals surface area contributed by atoms with E-state index in [4.69, 9.17) is 14.2 Å². The van der Waals surface area contributed by atoms with Crippen LogP contribution in [0, 0.1) is 0 Å². The van der Waals surface area contributed by atoms with Gasteiger partial charge in [-0.05, 0) is 48.6 Å². The van der Waals surface area contributed by atoms with Gasteiger partial charge in [-0.2, -0.15) is 4.57 Å². The predicted molar refractivity (Wildman–Crippen MR) is 106 cm³/mol. The number of phenolic OH excluding ortho intramolecular Hbond substituents is 1. The van der Waals surface area contributed by atoms with E-state index in [1.165, 1.54) is 5.69 Å². The molecule has 1 N–H and O–H groups in total. The predicted octanol–water partition coefficient (Wildman–Crippen LogP) is 1.30. The fourth-order valence-corrected chi connectivity index (χ4v) is 4.62. The molecule has 0 radical (unpaired) electrons. The van der Waals surface area contributed by atoms with Gasteiger partial charge in [0.25, 0.3) is 0 Å². The van der Waals surface area contributed by atoms with Crippen LogP contribution < -0.4 is 31.2 Å². The summed E-state index contributed by atoms with van der Waals surface area (Å²) in [4.78, 5) is 0. The van der Waals surface area contributed by atoms with Crippen LogP contribution in [0.3, 0.4) is 0 Å². The van der Waals surface area contributed by atoms with E-state index < -0.39 is 0 Å². The summed E-state index contributed by atoms with van der Waals surface area (Å²) in [7, 11) is 3.69. The highest BCUT2D eigenvalue weighted by molar-refractivity contribution is 6.16. The first-order valence-electron chi connectivity index (χ1n) is 9.55. The van der Waals surface area contributed by atoms with E-state index in [1.807, 2.05) is 12.1 Å². The molecule has 6 heteroatoms. The lowest BCUT2D eigenvalue weighted by atomic mass is 9.96. The van der Waals surface area contributed by atoms with Crippen LogP contribution in [0.2, 0.25) is 0 Å². The van der Waals surface area contributed by atoms with Crippen LogP contribution in [0.15, 0.2) is 36.4 Å². The molecule has 29 heavy (non-hydrogen) atoms. The third-order valence-corrected chi connectivity index (χ3v) is 6.05. The van der Waals surface area contributed by atoms with E-state index in [2.05, 4.69) is 35.9 Å². The summed E-state index contributed by atoms with van der Waals surface area (Å²) < 4.78 is 18.8.